The largest absolute Gasteiger partial charge is 0.486 e. The standard InChI is InChI=1S/C25H30N4O5/c1-16-12-23(30)27-19-6-4-5-7-20(19)29(16)25(32)15-28(3)14-24(31)26-17(2)18-8-9-21-22(13-18)34-11-10-33-21/h4-9,13,16-17H,10-12,14-15H2,1-3H3,(H,26,31)(H,27,30). The number of nitrogens with zero attached hydrogens (tertiary/aromatic N) is 2. The Morgan fingerprint density at radius 3 is 2.68 bits per heavy atom. The molecule has 2 N–H and O–H groups in total. The number of likely N-dealkylation sites (N-methyl/N-ethyl adjacent to an activating group) is 1. The molecule has 9 nitrogen and oxygen atoms in total. The molecule has 2 aromatic rings. The number of benzene rings is 2. The van der Waals surface area contributed by atoms with Gasteiger partial charge in [-0.25, -0.2) is 0 Å². The van der Waals surface area contributed by atoms with Crippen molar-refractivity contribution in [2.24, 2.45) is 0 Å². The van der Waals surface area contributed by atoms with Gasteiger partial charge in [-0.2, -0.15) is 0 Å². The van der Waals surface area contributed by atoms with Gasteiger partial charge in [0.05, 0.1) is 30.5 Å². The molecule has 3 amide bonds. The molecule has 180 valence electrons. The minimum absolute atomic E-state index is 0.0404. The van der Waals surface area contributed by atoms with Gasteiger partial charge in [0.25, 0.3) is 0 Å². The first-order valence-electron chi connectivity index (χ1n) is 11.4. The van der Waals surface area contributed by atoms with Crippen LogP contribution in [0.25, 0.3) is 0 Å². The van der Waals surface area contributed by atoms with Gasteiger partial charge in [0.2, 0.25) is 17.7 Å². The number of ether oxygens (including phenoxy) is 2. The lowest BCUT2D eigenvalue weighted by Crippen LogP contribution is -2.46. The van der Waals surface area contributed by atoms with Crippen LogP contribution in [0.2, 0.25) is 0 Å². The van der Waals surface area contributed by atoms with Crippen LogP contribution in [0.4, 0.5) is 11.4 Å². The molecule has 0 saturated heterocycles. The van der Waals surface area contributed by atoms with Crippen LogP contribution in [0.15, 0.2) is 42.5 Å². The van der Waals surface area contributed by atoms with Crippen molar-refractivity contribution in [2.45, 2.75) is 32.4 Å². The minimum Gasteiger partial charge on any atom is -0.486 e. The molecule has 0 spiro atoms. The third kappa shape index (κ3) is 5.31. The van der Waals surface area contributed by atoms with Gasteiger partial charge in [0.15, 0.2) is 11.5 Å². The molecule has 2 aromatic carbocycles. The Bertz CT molecular complexity index is 1090. The number of anilines is 2. The van der Waals surface area contributed by atoms with E-state index in [4.69, 9.17) is 9.47 Å². The first kappa shape index (κ1) is 23.6. The lowest BCUT2D eigenvalue weighted by molar-refractivity contribution is -0.124. The van der Waals surface area contributed by atoms with Crippen molar-refractivity contribution >= 4 is 29.1 Å². The lowest BCUT2D eigenvalue weighted by Gasteiger charge is -2.29. The summed E-state index contributed by atoms with van der Waals surface area (Å²) >= 11 is 0. The first-order chi connectivity index (χ1) is 16.3. The molecule has 0 saturated carbocycles. The topological polar surface area (TPSA) is 100 Å². The highest BCUT2D eigenvalue weighted by atomic mass is 16.6. The Morgan fingerprint density at radius 2 is 1.88 bits per heavy atom. The summed E-state index contributed by atoms with van der Waals surface area (Å²) in [4.78, 5) is 41.3. The minimum atomic E-state index is -0.298. The molecule has 0 fully saturated rings. The highest BCUT2D eigenvalue weighted by molar-refractivity contribution is 6.05. The highest BCUT2D eigenvalue weighted by Gasteiger charge is 2.30. The third-order valence-corrected chi connectivity index (χ3v) is 5.89. The van der Waals surface area contributed by atoms with E-state index in [-0.39, 0.29) is 49.3 Å². The van der Waals surface area contributed by atoms with E-state index in [1.807, 2.05) is 50.2 Å². The van der Waals surface area contributed by atoms with Gasteiger partial charge in [-0.1, -0.05) is 18.2 Å². The van der Waals surface area contributed by atoms with Crippen molar-refractivity contribution in [2.75, 3.05) is 43.6 Å². The van der Waals surface area contributed by atoms with Crippen LogP contribution in [0.1, 0.15) is 31.9 Å². The summed E-state index contributed by atoms with van der Waals surface area (Å²) in [7, 11) is 1.73. The maximum absolute atomic E-state index is 13.2. The van der Waals surface area contributed by atoms with Gasteiger partial charge in [-0.15, -0.1) is 0 Å². The van der Waals surface area contributed by atoms with Crippen LogP contribution in [0.3, 0.4) is 0 Å². The number of carbonyl (C=O) groups excluding carboxylic acids is 3. The van der Waals surface area contributed by atoms with Crippen molar-refractivity contribution < 1.29 is 23.9 Å². The average molecular weight is 467 g/mol. The van der Waals surface area contributed by atoms with Crippen molar-refractivity contribution in [1.82, 2.24) is 10.2 Å². The molecule has 2 aliphatic rings. The van der Waals surface area contributed by atoms with Crippen molar-refractivity contribution in [3.63, 3.8) is 0 Å². The van der Waals surface area contributed by atoms with E-state index in [1.54, 1.807) is 22.9 Å². The number of para-hydroxylation sites is 2. The van der Waals surface area contributed by atoms with Crippen LogP contribution in [-0.2, 0) is 14.4 Å². The van der Waals surface area contributed by atoms with Crippen molar-refractivity contribution in [1.29, 1.82) is 0 Å². The number of fused-ring (bicyclic) bond motifs is 2. The van der Waals surface area contributed by atoms with Crippen LogP contribution >= 0.6 is 0 Å². The summed E-state index contributed by atoms with van der Waals surface area (Å²) in [6.45, 7) is 4.87. The van der Waals surface area contributed by atoms with Crippen LogP contribution in [-0.4, -0.2) is 62.0 Å². The first-order valence-corrected chi connectivity index (χ1v) is 11.4. The molecule has 0 aliphatic carbocycles. The van der Waals surface area contributed by atoms with E-state index in [9.17, 15) is 14.4 Å². The monoisotopic (exact) mass is 466 g/mol. The Morgan fingerprint density at radius 1 is 1.15 bits per heavy atom. The quantitative estimate of drug-likeness (QED) is 0.678. The normalized spacial score (nSPS) is 17.9. The second kappa shape index (κ2) is 10.1. The molecule has 0 radical (unpaired) electrons. The van der Waals surface area contributed by atoms with Gasteiger partial charge >= 0.3 is 0 Å². The van der Waals surface area contributed by atoms with Crippen LogP contribution in [0.5, 0.6) is 11.5 Å². The summed E-state index contributed by atoms with van der Waals surface area (Å²) in [6.07, 6.45) is 0.206. The van der Waals surface area contributed by atoms with Crippen LogP contribution < -0.4 is 25.0 Å². The molecular weight excluding hydrogens is 436 g/mol. The Labute approximate surface area is 199 Å². The van der Waals surface area contributed by atoms with E-state index >= 15 is 0 Å². The van der Waals surface area contributed by atoms with E-state index in [0.29, 0.717) is 36.1 Å². The second-order valence-corrected chi connectivity index (χ2v) is 8.75. The summed E-state index contributed by atoms with van der Waals surface area (Å²) in [6, 6.07) is 12.3. The fourth-order valence-electron chi connectivity index (χ4n) is 4.28. The SMILES string of the molecule is CC(NC(=O)CN(C)CC(=O)N1c2ccccc2NC(=O)CC1C)c1ccc2c(c1)OCCO2. The predicted octanol–water partition coefficient (Wildman–Crippen LogP) is 2.33. The molecule has 2 aliphatic heterocycles. The van der Waals surface area contributed by atoms with E-state index < -0.39 is 0 Å². The van der Waals surface area contributed by atoms with E-state index in [0.717, 1.165) is 5.56 Å². The number of hydrogen-bond donors (Lipinski definition) is 2. The van der Waals surface area contributed by atoms with Gasteiger partial charge in [-0.05, 0) is 50.7 Å². The summed E-state index contributed by atoms with van der Waals surface area (Å²) in [5, 5.41) is 5.82. The lowest BCUT2D eigenvalue weighted by atomic mass is 10.1. The van der Waals surface area contributed by atoms with Gasteiger partial charge in [-0.3, -0.25) is 19.3 Å². The summed E-state index contributed by atoms with van der Waals surface area (Å²) < 4.78 is 11.2. The molecule has 4 rings (SSSR count). The number of hydrogen-bond acceptors (Lipinski definition) is 6. The molecule has 0 bridgehead atoms. The number of nitrogens with one attached hydrogen (secondary N) is 2. The fraction of sp³-hybridized carbons (Fsp3) is 0.400. The summed E-state index contributed by atoms with van der Waals surface area (Å²) in [5.41, 5.74) is 2.18. The summed E-state index contributed by atoms with van der Waals surface area (Å²) in [5.74, 6) is 0.877. The number of carbonyl (C=O) groups is 3. The highest BCUT2D eigenvalue weighted by Crippen LogP contribution is 2.33. The molecule has 34 heavy (non-hydrogen) atoms. The zero-order valence-electron chi connectivity index (χ0n) is 19.7. The van der Waals surface area contributed by atoms with Crippen LogP contribution in [0, 0.1) is 0 Å². The Hall–Kier alpha value is -3.59. The Kier molecular flexibility index (Phi) is 7.02. The van der Waals surface area contributed by atoms with Crippen molar-refractivity contribution in [3.8, 4) is 11.5 Å². The maximum Gasteiger partial charge on any atom is 0.241 e. The van der Waals surface area contributed by atoms with Gasteiger partial charge < -0.3 is 25.0 Å². The molecule has 0 aromatic heterocycles. The molecular formula is C25H30N4O5. The smallest absolute Gasteiger partial charge is 0.241 e. The fourth-order valence-corrected chi connectivity index (χ4v) is 4.28. The number of rotatable bonds is 6. The molecule has 2 atom stereocenters. The zero-order chi connectivity index (χ0) is 24.2. The van der Waals surface area contributed by atoms with Gasteiger partial charge in [0.1, 0.15) is 13.2 Å². The van der Waals surface area contributed by atoms with Gasteiger partial charge in [0, 0.05) is 12.5 Å². The average Bonchev–Trinajstić information content (AvgIpc) is 2.92. The predicted molar refractivity (Wildman–Crippen MR) is 128 cm³/mol. The molecule has 9 heteroatoms. The third-order valence-electron chi connectivity index (χ3n) is 5.89. The van der Waals surface area contributed by atoms with E-state index in [1.165, 1.54) is 0 Å². The van der Waals surface area contributed by atoms with Crippen molar-refractivity contribution in [3.05, 3.63) is 48.0 Å². The Balaban J connectivity index is 1.36. The maximum atomic E-state index is 13.2. The number of amides is 3. The molecule has 2 heterocycles. The second-order valence-electron chi connectivity index (χ2n) is 8.75. The van der Waals surface area contributed by atoms with E-state index in [2.05, 4.69) is 10.6 Å². The zero-order valence-corrected chi connectivity index (χ0v) is 19.7. The molecule has 2 unspecified atom stereocenters.